The van der Waals surface area contributed by atoms with E-state index in [0.29, 0.717) is 52.8 Å². The third-order valence-electron chi connectivity index (χ3n) is 4.91. The fraction of sp³-hybridized carbons (Fsp3) is 0.368. The first-order valence-electron chi connectivity index (χ1n) is 9.18. The van der Waals surface area contributed by atoms with Crippen LogP contribution < -0.4 is 15.4 Å². The summed E-state index contributed by atoms with van der Waals surface area (Å²) in [5, 5.41) is 1.32. The summed E-state index contributed by atoms with van der Waals surface area (Å²) >= 11 is 1.23. The molecule has 3 N–H and O–H groups in total. The van der Waals surface area contributed by atoms with Gasteiger partial charge in [-0.05, 0) is 37.1 Å². The number of amides is 1. The summed E-state index contributed by atoms with van der Waals surface area (Å²) in [5.41, 5.74) is 7.54. The molecule has 1 aliphatic heterocycles. The Labute approximate surface area is 173 Å². The topological polar surface area (TPSA) is 93.5 Å². The SMILES string of the molecule is Cc1nc(N2CCOC[C@@H]2Cc2c[nH]c3ccc(OC(F)(F)F)cc23)sc1C(N)=O. The molecule has 0 unspecified atom stereocenters. The molecule has 1 aromatic carbocycles. The number of carbonyl (C=O) groups excluding carboxylic acids is 1. The van der Waals surface area contributed by atoms with Gasteiger partial charge in [0.25, 0.3) is 5.91 Å². The van der Waals surface area contributed by atoms with Gasteiger partial charge in [-0.3, -0.25) is 4.79 Å². The Bertz CT molecular complexity index is 1080. The predicted molar refractivity (Wildman–Crippen MR) is 106 cm³/mol. The lowest BCUT2D eigenvalue weighted by atomic mass is 10.0. The highest BCUT2D eigenvalue weighted by Crippen LogP contribution is 2.32. The first kappa shape index (κ1) is 20.5. The molecule has 0 bridgehead atoms. The quantitative estimate of drug-likeness (QED) is 0.635. The molecule has 1 aliphatic rings. The van der Waals surface area contributed by atoms with Gasteiger partial charge in [0.1, 0.15) is 10.6 Å². The number of aryl methyl sites for hydroxylation is 1. The summed E-state index contributed by atoms with van der Waals surface area (Å²) in [7, 11) is 0. The van der Waals surface area contributed by atoms with Crippen LogP contribution in [0.5, 0.6) is 5.75 Å². The first-order valence-corrected chi connectivity index (χ1v) is 10.0. The second kappa shape index (κ2) is 7.80. The van der Waals surface area contributed by atoms with E-state index >= 15 is 0 Å². The molecule has 1 atom stereocenters. The number of fused-ring (bicyclic) bond motifs is 1. The van der Waals surface area contributed by atoms with Crippen LogP contribution in [0.1, 0.15) is 20.9 Å². The molecule has 0 saturated carbocycles. The Morgan fingerprint density at radius 3 is 2.97 bits per heavy atom. The van der Waals surface area contributed by atoms with Gasteiger partial charge in [-0.1, -0.05) is 11.3 Å². The minimum Gasteiger partial charge on any atom is -0.406 e. The van der Waals surface area contributed by atoms with Crippen molar-refractivity contribution in [3.63, 3.8) is 0 Å². The monoisotopic (exact) mass is 440 g/mol. The van der Waals surface area contributed by atoms with Crippen molar-refractivity contribution >= 4 is 33.3 Å². The summed E-state index contributed by atoms with van der Waals surface area (Å²) < 4.78 is 47.4. The summed E-state index contributed by atoms with van der Waals surface area (Å²) in [4.78, 5) is 21.6. The lowest BCUT2D eigenvalue weighted by Gasteiger charge is -2.35. The van der Waals surface area contributed by atoms with Crippen LogP contribution in [0.3, 0.4) is 0 Å². The Balaban J connectivity index is 1.61. The molecule has 3 aromatic rings. The number of rotatable bonds is 5. The van der Waals surface area contributed by atoms with Crippen LogP contribution >= 0.6 is 11.3 Å². The molecule has 2 aromatic heterocycles. The number of nitrogens with one attached hydrogen (secondary N) is 1. The van der Waals surface area contributed by atoms with Crippen molar-refractivity contribution in [1.29, 1.82) is 0 Å². The number of primary amides is 1. The molecule has 4 rings (SSSR count). The number of nitrogens with zero attached hydrogens (tertiary/aromatic N) is 2. The lowest BCUT2D eigenvalue weighted by molar-refractivity contribution is -0.274. The third-order valence-corrected chi connectivity index (χ3v) is 6.12. The fourth-order valence-corrected chi connectivity index (χ4v) is 4.60. The van der Waals surface area contributed by atoms with Crippen LogP contribution in [0.25, 0.3) is 10.9 Å². The maximum Gasteiger partial charge on any atom is 0.573 e. The molecule has 3 heterocycles. The normalized spacial score (nSPS) is 17.5. The van der Waals surface area contributed by atoms with E-state index in [1.807, 2.05) is 0 Å². The van der Waals surface area contributed by atoms with Crippen LogP contribution in [0.15, 0.2) is 24.4 Å². The Morgan fingerprint density at radius 1 is 1.47 bits per heavy atom. The van der Waals surface area contributed by atoms with Crippen molar-refractivity contribution in [3.05, 3.63) is 40.5 Å². The first-order chi connectivity index (χ1) is 14.2. The van der Waals surface area contributed by atoms with Crippen LogP contribution in [0.2, 0.25) is 0 Å². The van der Waals surface area contributed by atoms with Gasteiger partial charge in [0.05, 0.1) is 24.9 Å². The van der Waals surface area contributed by atoms with Gasteiger partial charge in [-0.2, -0.15) is 0 Å². The molecule has 0 radical (unpaired) electrons. The van der Waals surface area contributed by atoms with Crippen molar-refractivity contribution < 1.29 is 27.4 Å². The average Bonchev–Trinajstić information content (AvgIpc) is 3.24. The number of aromatic amines is 1. The van der Waals surface area contributed by atoms with Gasteiger partial charge in [-0.15, -0.1) is 13.2 Å². The van der Waals surface area contributed by atoms with E-state index in [2.05, 4.69) is 19.6 Å². The van der Waals surface area contributed by atoms with Crippen LogP contribution in [-0.2, 0) is 11.2 Å². The number of nitrogens with two attached hydrogens (primary N) is 1. The molecule has 0 aliphatic carbocycles. The number of hydrogen-bond acceptors (Lipinski definition) is 6. The largest absolute Gasteiger partial charge is 0.573 e. The average molecular weight is 440 g/mol. The lowest BCUT2D eigenvalue weighted by Crippen LogP contribution is -2.46. The summed E-state index contributed by atoms with van der Waals surface area (Å²) in [6.45, 7) is 3.26. The Kier molecular flexibility index (Phi) is 5.33. The Hall–Kier alpha value is -2.79. The van der Waals surface area contributed by atoms with Gasteiger partial charge in [-0.25, -0.2) is 4.98 Å². The van der Waals surface area contributed by atoms with E-state index in [9.17, 15) is 18.0 Å². The zero-order chi connectivity index (χ0) is 21.5. The summed E-state index contributed by atoms with van der Waals surface area (Å²) in [6.07, 6.45) is -2.46. The number of anilines is 1. The van der Waals surface area contributed by atoms with Gasteiger partial charge < -0.3 is 25.1 Å². The molecule has 1 saturated heterocycles. The number of alkyl halides is 3. The van der Waals surface area contributed by atoms with E-state index < -0.39 is 12.3 Å². The number of H-pyrrole nitrogens is 1. The van der Waals surface area contributed by atoms with E-state index in [4.69, 9.17) is 10.5 Å². The Morgan fingerprint density at radius 2 is 2.27 bits per heavy atom. The van der Waals surface area contributed by atoms with E-state index in [1.54, 1.807) is 19.2 Å². The fourth-order valence-electron chi connectivity index (χ4n) is 3.59. The van der Waals surface area contributed by atoms with Gasteiger partial charge in [0.15, 0.2) is 5.13 Å². The predicted octanol–water partition coefficient (Wildman–Crippen LogP) is 3.38. The highest BCUT2D eigenvalue weighted by Gasteiger charge is 2.32. The van der Waals surface area contributed by atoms with Crippen molar-refractivity contribution in [2.45, 2.75) is 25.7 Å². The molecular weight excluding hydrogens is 421 g/mol. The number of morpholine rings is 1. The summed E-state index contributed by atoms with van der Waals surface area (Å²) in [5.74, 6) is -0.788. The highest BCUT2D eigenvalue weighted by molar-refractivity contribution is 7.17. The van der Waals surface area contributed by atoms with Gasteiger partial charge in [0.2, 0.25) is 0 Å². The van der Waals surface area contributed by atoms with Gasteiger partial charge >= 0.3 is 6.36 Å². The van der Waals surface area contributed by atoms with Crippen molar-refractivity contribution in [3.8, 4) is 5.75 Å². The number of carbonyl (C=O) groups is 1. The number of hydrogen-bond donors (Lipinski definition) is 2. The standard InChI is InChI=1S/C19H19F3N4O3S/c1-10-16(17(23)27)30-18(25-10)26-4-5-28-9-12(26)6-11-8-24-15-3-2-13(7-14(11)15)29-19(20,21)22/h2-3,7-8,12,24H,4-6,9H2,1H3,(H2,23,27)/t12-/m0/s1. The number of benzene rings is 1. The molecule has 1 amide bonds. The minimum absolute atomic E-state index is 0.101. The summed E-state index contributed by atoms with van der Waals surface area (Å²) in [6, 6.07) is 4.10. The molecule has 1 fully saturated rings. The van der Waals surface area contributed by atoms with E-state index in [1.165, 1.54) is 23.5 Å². The molecule has 160 valence electrons. The van der Waals surface area contributed by atoms with Gasteiger partial charge in [0, 0.05) is 23.6 Å². The molecular formula is C19H19F3N4O3S. The molecule has 7 nitrogen and oxygen atoms in total. The maximum atomic E-state index is 12.6. The van der Waals surface area contributed by atoms with E-state index in [-0.39, 0.29) is 11.8 Å². The van der Waals surface area contributed by atoms with Crippen LogP contribution in [-0.4, -0.2) is 48.0 Å². The minimum atomic E-state index is -4.75. The second-order valence-corrected chi connectivity index (χ2v) is 7.95. The molecule has 30 heavy (non-hydrogen) atoms. The zero-order valence-electron chi connectivity index (χ0n) is 16.0. The second-order valence-electron chi connectivity index (χ2n) is 6.97. The van der Waals surface area contributed by atoms with Crippen LogP contribution in [0.4, 0.5) is 18.3 Å². The van der Waals surface area contributed by atoms with Crippen LogP contribution in [0, 0.1) is 6.92 Å². The zero-order valence-corrected chi connectivity index (χ0v) is 16.8. The van der Waals surface area contributed by atoms with Crippen molar-refractivity contribution in [1.82, 2.24) is 9.97 Å². The number of ether oxygens (including phenoxy) is 2. The third kappa shape index (κ3) is 4.21. The van der Waals surface area contributed by atoms with Crippen molar-refractivity contribution in [2.75, 3.05) is 24.7 Å². The maximum absolute atomic E-state index is 12.6. The van der Waals surface area contributed by atoms with Crippen molar-refractivity contribution in [2.24, 2.45) is 5.73 Å². The number of halogens is 3. The molecule has 11 heteroatoms. The molecule has 0 spiro atoms. The smallest absolute Gasteiger partial charge is 0.406 e. The van der Waals surface area contributed by atoms with E-state index in [0.717, 1.165) is 5.56 Å². The highest BCUT2D eigenvalue weighted by atomic mass is 32.1. The number of thiazole rings is 1. The number of aromatic nitrogens is 2.